The zero-order chi connectivity index (χ0) is 15.4. The molecular weight excluding hydrogens is 278 g/mol. The molecule has 1 aliphatic heterocycles. The second-order valence-corrected chi connectivity index (χ2v) is 4.66. The van der Waals surface area contributed by atoms with Gasteiger partial charge in [-0.1, -0.05) is 6.92 Å². The molecule has 1 aromatic heterocycles. The second-order valence-electron chi connectivity index (χ2n) is 4.66. The number of carboxylic acid groups (broad SMARTS) is 1. The molecule has 9 heteroatoms. The smallest absolute Gasteiger partial charge is 0.325 e. The van der Waals surface area contributed by atoms with Crippen LogP contribution in [0.5, 0.6) is 0 Å². The van der Waals surface area contributed by atoms with Crippen molar-refractivity contribution in [1.82, 2.24) is 20.0 Å². The number of carbonyl (C=O) groups excluding carboxylic acids is 2. The molecule has 0 spiro atoms. The molecule has 0 bridgehead atoms. The first-order valence-electron chi connectivity index (χ1n) is 6.61. The van der Waals surface area contributed by atoms with Crippen molar-refractivity contribution in [2.24, 2.45) is 0 Å². The van der Waals surface area contributed by atoms with E-state index in [0.29, 0.717) is 25.2 Å². The number of rotatable bonds is 4. The first-order chi connectivity index (χ1) is 10.0. The molecule has 9 nitrogen and oxygen atoms in total. The van der Waals surface area contributed by atoms with Crippen molar-refractivity contribution in [1.29, 1.82) is 0 Å². The first kappa shape index (κ1) is 14.8. The van der Waals surface area contributed by atoms with Gasteiger partial charge in [0.05, 0.1) is 11.9 Å². The summed E-state index contributed by atoms with van der Waals surface area (Å²) >= 11 is 0. The van der Waals surface area contributed by atoms with Gasteiger partial charge in [-0.15, -0.1) is 0 Å². The Kier molecular flexibility index (Phi) is 4.41. The minimum atomic E-state index is -1.02. The van der Waals surface area contributed by atoms with Gasteiger partial charge in [0.15, 0.2) is 0 Å². The van der Waals surface area contributed by atoms with Gasteiger partial charge in [-0.05, 0) is 6.42 Å². The number of hydrogen-bond donors (Lipinski definition) is 3. The minimum absolute atomic E-state index is 0.166. The Morgan fingerprint density at radius 3 is 3.00 bits per heavy atom. The monoisotopic (exact) mass is 295 g/mol. The van der Waals surface area contributed by atoms with Crippen molar-refractivity contribution in [3.63, 3.8) is 0 Å². The molecule has 2 heterocycles. The molecule has 0 aromatic carbocycles. The van der Waals surface area contributed by atoms with Crippen molar-refractivity contribution in [2.45, 2.75) is 25.9 Å². The highest BCUT2D eigenvalue weighted by atomic mass is 16.4. The lowest BCUT2D eigenvalue weighted by molar-refractivity contribution is -0.137. The Morgan fingerprint density at radius 1 is 1.57 bits per heavy atom. The van der Waals surface area contributed by atoms with E-state index in [1.807, 2.05) is 6.92 Å². The summed E-state index contributed by atoms with van der Waals surface area (Å²) in [5.41, 5.74) is 0.391. The van der Waals surface area contributed by atoms with Crippen LogP contribution in [-0.2, 0) is 16.1 Å². The van der Waals surface area contributed by atoms with Gasteiger partial charge in [-0.2, -0.15) is 5.10 Å². The fourth-order valence-electron chi connectivity index (χ4n) is 2.21. The van der Waals surface area contributed by atoms with Crippen molar-refractivity contribution >= 4 is 23.6 Å². The molecule has 2 rings (SSSR count). The number of aromatic nitrogens is 2. The largest absolute Gasteiger partial charge is 0.480 e. The molecule has 1 aromatic rings. The maximum atomic E-state index is 12.2. The van der Waals surface area contributed by atoms with Crippen LogP contribution in [0.15, 0.2) is 12.4 Å². The fourth-order valence-corrected chi connectivity index (χ4v) is 2.21. The highest BCUT2D eigenvalue weighted by Crippen LogP contribution is 2.12. The lowest BCUT2D eigenvalue weighted by atomic mass is 10.1. The summed E-state index contributed by atoms with van der Waals surface area (Å²) in [6.07, 6.45) is 3.32. The van der Waals surface area contributed by atoms with E-state index in [0.717, 1.165) is 0 Å². The Bertz CT molecular complexity index is 556. The quantitative estimate of drug-likeness (QED) is 0.705. The standard InChI is InChI=1S/C12H17N5O4/c1-2-9-11(20)13-3-4-17(9)12(21)15-8-5-14-16(6-8)7-10(18)19/h5-6,9H,2-4,7H2,1H3,(H,13,20)(H,15,21)(H,18,19). The number of hydrogen-bond acceptors (Lipinski definition) is 4. The van der Waals surface area contributed by atoms with Gasteiger partial charge in [-0.3, -0.25) is 14.3 Å². The van der Waals surface area contributed by atoms with E-state index < -0.39 is 18.0 Å². The summed E-state index contributed by atoms with van der Waals surface area (Å²) in [6.45, 7) is 2.40. The Balaban J connectivity index is 2.01. The predicted molar refractivity (Wildman–Crippen MR) is 72.7 cm³/mol. The summed E-state index contributed by atoms with van der Waals surface area (Å²) < 4.78 is 1.21. The molecule has 1 saturated heterocycles. The van der Waals surface area contributed by atoms with Crippen LogP contribution in [0.3, 0.4) is 0 Å². The third-order valence-electron chi connectivity index (χ3n) is 3.16. The van der Waals surface area contributed by atoms with Gasteiger partial charge in [0.2, 0.25) is 5.91 Å². The number of carbonyl (C=O) groups is 3. The highest BCUT2D eigenvalue weighted by molar-refractivity contribution is 5.94. The van der Waals surface area contributed by atoms with Crippen LogP contribution < -0.4 is 10.6 Å². The second kappa shape index (κ2) is 6.25. The highest BCUT2D eigenvalue weighted by Gasteiger charge is 2.31. The molecule has 1 atom stereocenters. The molecule has 3 N–H and O–H groups in total. The van der Waals surface area contributed by atoms with Crippen LogP contribution in [0.25, 0.3) is 0 Å². The maximum absolute atomic E-state index is 12.2. The number of urea groups is 1. The zero-order valence-corrected chi connectivity index (χ0v) is 11.6. The Labute approximate surface area is 120 Å². The van der Waals surface area contributed by atoms with E-state index in [9.17, 15) is 14.4 Å². The van der Waals surface area contributed by atoms with Crippen molar-refractivity contribution in [3.05, 3.63) is 12.4 Å². The van der Waals surface area contributed by atoms with Crippen molar-refractivity contribution in [3.8, 4) is 0 Å². The molecule has 0 aliphatic carbocycles. The van der Waals surface area contributed by atoms with Gasteiger partial charge in [-0.25, -0.2) is 4.79 Å². The van der Waals surface area contributed by atoms with E-state index in [2.05, 4.69) is 15.7 Å². The minimum Gasteiger partial charge on any atom is -0.480 e. The van der Waals surface area contributed by atoms with E-state index in [4.69, 9.17) is 5.11 Å². The van der Waals surface area contributed by atoms with Crippen molar-refractivity contribution in [2.75, 3.05) is 18.4 Å². The number of carboxylic acids is 1. The topological polar surface area (TPSA) is 117 Å². The van der Waals surface area contributed by atoms with E-state index in [1.54, 1.807) is 0 Å². The number of amides is 3. The van der Waals surface area contributed by atoms with Crippen LogP contribution in [0, 0.1) is 0 Å². The normalized spacial score (nSPS) is 18.2. The SMILES string of the molecule is CCC1C(=O)NCCN1C(=O)Nc1cnn(CC(=O)O)c1. The first-order valence-corrected chi connectivity index (χ1v) is 6.61. The number of nitrogens with one attached hydrogen (secondary N) is 2. The fraction of sp³-hybridized carbons (Fsp3) is 0.500. The lowest BCUT2D eigenvalue weighted by Gasteiger charge is -2.34. The van der Waals surface area contributed by atoms with Crippen LogP contribution in [0.2, 0.25) is 0 Å². The molecule has 114 valence electrons. The molecule has 21 heavy (non-hydrogen) atoms. The molecule has 3 amide bonds. The molecule has 0 radical (unpaired) electrons. The van der Waals surface area contributed by atoms with Gasteiger partial charge >= 0.3 is 12.0 Å². The van der Waals surface area contributed by atoms with Crippen LogP contribution >= 0.6 is 0 Å². The number of anilines is 1. The third-order valence-corrected chi connectivity index (χ3v) is 3.16. The summed E-state index contributed by atoms with van der Waals surface area (Å²) in [4.78, 5) is 35.9. The Hall–Kier alpha value is -2.58. The summed E-state index contributed by atoms with van der Waals surface area (Å²) in [5.74, 6) is -1.19. The average Bonchev–Trinajstić information content (AvgIpc) is 2.84. The maximum Gasteiger partial charge on any atom is 0.325 e. The van der Waals surface area contributed by atoms with Crippen LogP contribution in [0.1, 0.15) is 13.3 Å². The summed E-state index contributed by atoms with van der Waals surface area (Å²) in [6, 6.07) is -0.889. The summed E-state index contributed by atoms with van der Waals surface area (Å²) in [5, 5.41) is 17.8. The van der Waals surface area contributed by atoms with E-state index in [-0.39, 0.29) is 12.5 Å². The number of piperazine rings is 1. The molecule has 1 fully saturated rings. The average molecular weight is 295 g/mol. The lowest BCUT2D eigenvalue weighted by Crippen LogP contribution is -2.57. The van der Waals surface area contributed by atoms with E-state index in [1.165, 1.54) is 22.0 Å². The summed E-state index contributed by atoms with van der Waals surface area (Å²) in [7, 11) is 0. The van der Waals surface area contributed by atoms with Gasteiger partial charge < -0.3 is 20.6 Å². The Morgan fingerprint density at radius 2 is 2.33 bits per heavy atom. The third kappa shape index (κ3) is 3.50. The van der Waals surface area contributed by atoms with E-state index >= 15 is 0 Å². The van der Waals surface area contributed by atoms with Crippen LogP contribution in [-0.4, -0.2) is 56.8 Å². The van der Waals surface area contributed by atoms with Gasteiger partial charge in [0.1, 0.15) is 12.6 Å². The zero-order valence-electron chi connectivity index (χ0n) is 11.6. The number of aliphatic carboxylic acids is 1. The van der Waals surface area contributed by atoms with Gasteiger partial charge in [0.25, 0.3) is 0 Å². The predicted octanol–water partition coefficient (Wildman–Crippen LogP) is -0.290. The van der Waals surface area contributed by atoms with Crippen LogP contribution in [0.4, 0.5) is 10.5 Å². The molecule has 0 saturated carbocycles. The van der Waals surface area contributed by atoms with Crippen molar-refractivity contribution < 1.29 is 19.5 Å². The molecule has 1 aliphatic rings. The molecule has 1 unspecified atom stereocenters. The number of nitrogens with zero attached hydrogens (tertiary/aromatic N) is 3. The van der Waals surface area contributed by atoms with Gasteiger partial charge in [0, 0.05) is 19.3 Å². The molecular formula is C12H17N5O4.